The Labute approximate surface area is 127 Å². The van der Waals surface area contributed by atoms with Crippen molar-refractivity contribution >= 4 is 17.3 Å². The number of nitro benzene ring substituents is 1. The van der Waals surface area contributed by atoms with Gasteiger partial charge in [0.2, 0.25) is 5.89 Å². The number of rotatable bonds is 6. The van der Waals surface area contributed by atoms with Gasteiger partial charge >= 0.3 is 0 Å². The lowest BCUT2D eigenvalue weighted by molar-refractivity contribution is -0.384. The highest BCUT2D eigenvalue weighted by atomic mass is 35.5. The van der Waals surface area contributed by atoms with E-state index in [-0.39, 0.29) is 11.7 Å². The van der Waals surface area contributed by atoms with E-state index in [1.165, 1.54) is 12.3 Å². The minimum absolute atomic E-state index is 0.0509. The molecule has 21 heavy (non-hydrogen) atoms. The van der Waals surface area contributed by atoms with E-state index < -0.39 is 4.92 Å². The molecule has 1 atom stereocenters. The van der Waals surface area contributed by atoms with E-state index in [2.05, 4.69) is 17.2 Å². The van der Waals surface area contributed by atoms with Crippen molar-refractivity contribution in [3.05, 3.63) is 45.4 Å². The molecule has 7 heteroatoms. The van der Waals surface area contributed by atoms with Crippen LogP contribution in [0, 0.1) is 10.1 Å². The average Bonchev–Trinajstić information content (AvgIpc) is 2.94. The van der Waals surface area contributed by atoms with Crippen LogP contribution in [0.5, 0.6) is 0 Å². The van der Waals surface area contributed by atoms with Crippen LogP contribution in [0.3, 0.4) is 0 Å². The Bertz CT molecular complexity index is 642. The lowest BCUT2D eigenvalue weighted by atomic mass is 10.1. The summed E-state index contributed by atoms with van der Waals surface area (Å²) in [5, 5.41) is 14.7. The number of nitrogens with one attached hydrogen (secondary N) is 1. The second-order valence-electron chi connectivity index (χ2n) is 4.66. The maximum atomic E-state index is 11.1. The van der Waals surface area contributed by atoms with Gasteiger partial charge in [0.1, 0.15) is 0 Å². The molecule has 0 aliphatic carbocycles. The predicted octanol–water partition coefficient (Wildman–Crippen LogP) is 3.96. The lowest BCUT2D eigenvalue weighted by Gasteiger charge is -2.08. The molecule has 0 saturated carbocycles. The summed E-state index contributed by atoms with van der Waals surface area (Å²) >= 11 is 5.80. The molecule has 1 heterocycles. The summed E-state index contributed by atoms with van der Waals surface area (Å²) in [5.41, 5.74) is 0.269. The normalized spacial score (nSPS) is 12.3. The van der Waals surface area contributed by atoms with Crippen molar-refractivity contribution in [2.24, 2.45) is 0 Å². The van der Waals surface area contributed by atoms with Crippen LogP contribution < -0.4 is 5.32 Å². The topological polar surface area (TPSA) is 81.2 Å². The van der Waals surface area contributed by atoms with E-state index in [4.69, 9.17) is 16.0 Å². The van der Waals surface area contributed by atoms with Gasteiger partial charge in [0.25, 0.3) is 5.69 Å². The molecule has 0 saturated heterocycles. The first kappa shape index (κ1) is 15.5. The monoisotopic (exact) mass is 309 g/mol. The Morgan fingerprint density at radius 3 is 2.95 bits per heavy atom. The summed E-state index contributed by atoms with van der Waals surface area (Å²) in [6, 6.07) is 4.41. The molecule has 0 bridgehead atoms. The standard InChI is InChI=1S/C14H16ClN3O3/c1-3-6-16-9(2)14-17-8-13(21-14)11-5-4-10(15)7-12(11)18(19)20/h4-5,7-9,16H,3,6H2,1-2H3. The molecule has 1 N–H and O–H groups in total. The quantitative estimate of drug-likeness (QED) is 0.645. The van der Waals surface area contributed by atoms with Crippen molar-refractivity contribution in [2.75, 3.05) is 6.54 Å². The van der Waals surface area contributed by atoms with Gasteiger partial charge in [-0.05, 0) is 32.0 Å². The summed E-state index contributed by atoms with van der Waals surface area (Å²) in [4.78, 5) is 14.8. The van der Waals surface area contributed by atoms with Crippen LogP contribution in [0.4, 0.5) is 5.69 Å². The lowest BCUT2D eigenvalue weighted by Crippen LogP contribution is -2.19. The van der Waals surface area contributed by atoms with E-state index >= 15 is 0 Å². The van der Waals surface area contributed by atoms with E-state index in [0.717, 1.165) is 13.0 Å². The molecule has 0 aliphatic rings. The first-order valence-electron chi connectivity index (χ1n) is 6.66. The van der Waals surface area contributed by atoms with E-state index in [1.807, 2.05) is 6.92 Å². The number of nitrogens with zero attached hydrogens (tertiary/aromatic N) is 2. The number of halogens is 1. The second-order valence-corrected chi connectivity index (χ2v) is 5.09. The Morgan fingerprint density at radius 1 is 1.52 bits per heavy atom. The Morgan fingerprint density at radius 2 is 2.29 bits per heavy atom. The molecule has 1 aromatic carbocycles. The van der Waals surface area contributed by atoms with Gasteiger partial charge in [-0.2, -0.15) is 0 Å². The Kier molecular flexibility index (Phi) is 4.93. The molecule has 0 spiro atoms. The highest BCUT2D eigenvalue weighted by Crippen LogP contribution is 2.33. The molecule has 2 aromatic rings. The molecular weight excluding hydrogens is 294 g/mol. The van der Waals surface area contributed by atoms with Crippen LogP contribution in [0.1, 0.15) is 32.2 Å². The van der Waals surface area contributed by atoms with Gasteiger partial charge in [0.05, 0.1) is 22.7 Å². The molecule has 0 aliphatic heterocycles. The number of aromatic nitrogens is 1. The van der Waals surface area contributed by atoms with Crippen LogP contribution in [-0.2, 0) is 0 Å². The molecule has 112 valence electrons. The number of hydrogen-bond acceptors (Lipinski definition) is 5. The van der Waals surface area contributed by atoms with Gasteiger partial charge in [-0.15, -0.1) is 0 Å². The van der Waals surface area contributed by atoms with Gasteiger partial charge in [-0.1, -0.05) is 18.5 Å². The second kappa shape index (κ2) is 6.69. The van der Waals surface area contributed by atoms with E-state index in [0.29, 0.717) is 22.2 Å². The van der Waals surface area contributed by atoms with Crippen LogP contribution in [-0.4, -0.2) is 16.5 Å². The summed E-state index contributed by atoms with van der Waals surface area (Å²) in [6.07, 6.45) is 2.50. The third-order valence-corrected chi connectivity index (χ3v) is 3.25. The van der Waals surface area contributed by atoms with E-state index in [1.54, 1.807) is 12.1 Å². The average molecular weight is 310 g/mol. The van der Waals surface area contributed by atoms with Crippen molar-refractivity contribution in [2.45, 2.75) is 26.3 Å². The third kappa shape index (κ3) is 3.59. The van der Waals surface area contributed by atoms with Crippen LogP contribution in [0.15, 0.2) is 28.8 Å². The van der Waals surface area contributed by atoms with Crippen LogP contribution >= 0.6 is 11.6 Å². The number of nitro groups is 1. The number of hydrogen-bond donors (Lipinski definition) is 1. The smallest absolute Gasteiger partial charge is 0.281 e. The van der Waals surface area contributed by atoms with Crippen molar-refractivity contribution in [1.29, 1.82) is 0 Å². The first-order valence-corrected chi connectivity index (χ1v) is 7.04. The molecule has 0 fully saturated rings. The fourth-order valence-corrected chi connectivity index (χ4v) is 2.09. The van der Waals surface area contributed by atoms with Crippen molar-refractivity contribution < 1.29 is 9.34 Å². The highest BCUT2D eigenvalue weighted by molar-refractivity contribution is 6.30. The molecule has 1 aromatic heterocycles. The Balaban J connectivity index is 2.31. The van der Waals surface area contributed by atoms with Gasteiger partial charge in [-0.25, -0.2) is 4.98 Å². The predicted molar refractivity (Wildman–Crippen MR) is 80.3 cm³/mol. The van der Waals surface area contributed by atoms with Crippen molar-refractivity contribution in [1.82, 2.24) is 10.3 Å². The minimum atomic E-state index is -0.484. The first-order chi connectivity index (χ1) is 10.0. The number of oxazole rings is 1. The molecular formula is C14H16ClN3O3. The zero-order valence-corrected chi connectivity index (χ0v) is 12.6. The third-order valence-electron chi connectivity index (χ3n) is 3.02. The summed E-state index contributed by atoms with van der Waals surface area (Å²) < 4.78 is 5.64. The minimum Gasteiger partial charge on any atom is -0.439 e. The van der Waals surface area contributed by atoms with Crippen LogP contribution in [0.2, 0.25) is 5.02 Å². The van der Waals surface area contributed by atoms with E-state index in [9.17, 15) is 10.1 Å². The highest BCUT2D eigenvalue weighted by Gasteiger charge is 2.20. The largest absolute Gasteiger partial charge is 0.439 e. The van der Waals surface area contributed by atoms with Crippen molar-refractivity contribution in [3.63, 3.8) is 0 Å². The fraction of sp³-hybridized carbons (Fsp3) is 0.357. The molecule has 6 nitrogen and oxygen atoms in total. The maximum Gasteiger partial charge on any atom is 0.281 e. The van der Waals surface area contributed by atoms with Crippen molar-refractivity contribution in [3.8, 4) is 11.3 Å². The number of benzene rings is 1. The summed E-state index contributed by atoms with van der Waals surface area (Å²) in [7, 11) is 0. The molecule has 0 radical (unpaired) electrons. The zero-order chi connectivity index (χ0) is 15.4. The maximum absolute atomic E-state index is 11.1. The summed E-state index contributed by atoms with van der Waals surface area (Å²) in [5.74, 6) is 0.862. The SMILES string of the molecule is CCCNC(C)c1ncc(-c2ccc(Cl)cc2[N+](=O)[O-])o1. The summed E-state index contributed by atoms with van der Waals surface area (Å²) in [6.45, 7) is 4.85. The molecule has 1 unspecified atom stereocenters. The van der Waals surface area contributed by atoms with Gasteiger partial charge in [-0.3, -0.25) is 10.1 Å². The van der Waals surface area contributed by atoms with Gasteiger partial charge in [0, 0.05) is 11.1 Å². The van der Waals surface area contributed by atoms with Gasteiger partial charge < -0.3 is 9.73 Å². The van der Waals surface area contributed by atoms with Crippen LogP contribution in [0.25, 0.3) is 11.3 Å². The Hall–Kier alpha value is -1.92. The molecule has 0 amide bonds. The molecule has 2 rings (SSSR count). The van der Waals surface area contributed by atoms with Gasteiger partial charge in [0.15, 0.2) is 5.76 Å². The fourth-order valence-electron chi connectivity index (χ4n) is 1.92. The zero-order valence-electron chi connectivity index (χ0n) is 11.8.